The van der Waals surface area contributed by atoms with Crippen LogP contribution < -0.4 is 5.32 Å². The standard InChI is InChI=1S/C12H10N2O5/c1-2-5-18-12(17)14-11-13-8-4-3-7(10(15)16)6-9(8)19-11/h2-4,6H,1,5H2,(H,15,16)(H,13,14,17). The predicted molar refractivity (Wildman–Crippen MR) is 66.1 cm³/mol. The molecule has 2 N–H and O–H groups in total. The van der Waals surface area contributed by atoms with Crippen LogP contribution in [-0.2, 0) is 4.74 Å². The van der Waals surface area contributed by atoms with Gasteiger partial charge in [0.05, 0.1) is 5.56 Å². The first-order valence-electron chi connectivity index (χ1n) is 5.28. The lowest BCUT2D eigenvalue weighted by molar-refractivity contribution is 0.0697. The molecule has 0 aliphatic carbocycles. The topological polar surface area (TPSA) is 102 Å². The number of nitrogens with zero attached hydrogens (tertiary/aromatic N) is 1. The van der Waals surface area contributed by atoms with E-state index in [0.29, 0.717) is 5.52 Å². The molecule has 1 amide bonds. The minimum atomic E-state index is -1.07. The number of oxazole rings is 1. The summed E-state index contributed by atoms with van der Waals surface area (Å²) < 4.78 is 9.89. The lowest BCUT2D eigenvalue weighted by Crippen LogP contribution is -2.13. The minimum Gasteiger partial charge on any atom is -0.478 e. The van der Waals surface area contributed by atoms with Gasteiger partial charge in [0.1, 0.15) is 12.1 Å². The van der Waals surface area contributed by atoms with Crippen LogP contribution in [0.25, 0.3) is 11.1 Å². The SMILES string of the molecule is C=CCOC(=O)Nc1nc2ccc(C(=O)O)cc2o1. The molecule has 0 radical (unpaired) electrons. The van der Waals surface area contributed by atoms with Gasteiger partial charge in [-0.15, -0.1) is 0 Å². The zero-order chi connectivity index (χ0) is 13.8. The van der Waals surface area contributed by atoms with Crippen molar-refractivity contribution in [1.29, 1.82) is 0 Å². The van der Waals surface area contributed by atoms with Crippen molar-refractivity contribution in [2.75, 3.05) is 11.9 Å². The third kappa shape index (κ3) is 2.89. The molecule has 0 aliphatic heterocycles. The number of nitrogens with one attached hydrogen (secondary N) is 1. The number of hydrogen-bond donors (Lipinski definition) is 2. The Morgan fingerprint density at radius 3 is 3.00 bits per heavy atom. The molecular weight excluding hydrogens is 252 g/mol. The number of benzene rings is 1. The highest BCUT2D eigenvalue weighted by atomic mass is 16.5. The molecule has 1 heterocycles. The molecule has 0 saturated carbocycles. The number of hydrogen-bond acceptors (Lipinski definition) is 5. The van der Waals surface area contributed by atoms with Crippen molar-refractivity contribution in [1.82, 2.24) is 4.98 Å². The molecule has 2 rings (SSSR count). The Labute approximate surface area is 107 Å². The van der Waals surface area contributed by atoms with E-state index < -0.39 is 12.1 Å². The van der Waals surface area contributed by atoms with Gasteiger partial charge in [-0.3, -0.25) is 0 Å². The number of ether oxygens (including phenoxy) is 1. The molecule has 0 unspecified atom stereocenters. The number of aromatic carboxylic acids is 1. The molecule has 98 valence electrons. The second kappa shape index (κ2) is 5.21. The van der Waals surface area contributed by atoms with Crippen LogP contribution in [0.15, 0.2) is 35.3 Å². The fourth-order valence-electron chi connectivity index (χ4n) is 1.37. The van der Waals surface area contributed by atoms with Gasteiger partial charge in [0.15, 0.2) is 5.58 Å². The molecule has 1 aromatic heterocycles. The van der Waals surface area contributed by atoms with E-state index in [4.69, 9.17) is 14.3 Å². The molecule has 2 aromatic rings. The van der Waals surface area contributed by atoms with Crippen LogP contribution in [-0.4, -0.2) is 28.8 Å². The van der Waals surface area contributed by atoms with Gasteiger partial charge in [-0.1, -0.05) is 12.7 Å². The van der Waals surface area contributed by atoms with Gasteiger partial charge in [-0.25, -0.2) is 14.9 Å². The first-order valence-corrected chi connectivity index (χ1v) is 5.28. The summed E-state index contributed by atoms with van der Waals surface area (Å²) in [6, 6.07) is 4.15. The zero-order valence-corrected chi connectivity index (χ0v) is 9.75. The summed E-state index contributed by atoms with van der Waals surface area (Å²) in [7, 11) is 0. The maximum atomic E-state index is 11.2. The van der Waals surface area contributed by atoms with Gasteiger partial charge >= 0.3 is 18.1 Å². The fourth-order valence-corrected chi connectivity index (χ4v) is 1.37. The lowest BCUT2D eigenvalue weighted by Gasteiger charge is -1.99. The van der Waals surface area contributed by atoms with Crippen LogP contribution in [0.2, 0.25) is 0 Å². The minimum absolute atomic E-state index is 0.0633. The lowest BCUT2D eigenvalue weighted by atomic mass is 10.2. The number of carbonyl (C=O) groups is 2. The van der Waals surface area contributed by atoms with Crippen molar-refractivity contribution in [3.63, 3.8) is 0 Å². The van der Waals surface area contributed by atoms with Crippen LogP contribution in [0.4, 0.5) is 10.8 Å². The largest absolute Gasteiger partial charge is 0.478 e. The number of carbonyl (C=O) groups excluding carboxylic acids is 1. The normalized spacial score (nSPS) is 10.1. The molecule has 0 bridgehead atoms. The van der Waals surface area contributed by atoms with E-state index in [1.807, 2.05) is 0 Å². The number of rotatable bonds is 4. The first-order chi connectivity index (χ1) is 9.10. The third-order valence-corrected chi connectivity index (χ3v) is 2.18. The van der Waals surface area contributed by atoms with Crippen molar-refractivity contribution in [3.05, 3.63) is 36.4 Å². The summed E-state index contributed by atoms with van der Waals surface area (Å²) in [4.78, 5) is 26.0. The van der Waals surface area contributed by atoms with E-state index >= 15 is 0 Å². The number of amides is 1. The third-order valence-electron chi connectivity index (χ3n) is 2.18. The van der Waals surface area contributed by atoms with Crippen molar-refractivity contribution in [3.8, 4) is 0 Å². The van der Waals surface area contributed by atoms with Crippen LogP contribution in [0.5, 0.6) is 0 Å². The number of anilines is 1. The number of fused-ring (bicyclic) bond motifs is 1. The summed E-state index contributed by atoms with van der Waals surface area (Å²) >= 11 is 0. The Balaban J connectivity index is 2.19. The van der Waals surface area contributed by atoms with Gasteiger partial charge in [0, 0.05) is 0 Å². The monoisotopic (exact) mass is 262 g/mol. The summed E-state index contributed by atoms with van der Waals surface area (Å²) in [6.07, 6.45) is 0.690. The van der Waals surface area contributed by atoms with Crippen LogP contribution in [0.1, 0.15) is 10.4 Å². The summed E-state index contributed by atoms with van der Waals surface area (Å²) in [5, 5.41) is 11.1. The van der Waals surface area contributed by atoms with Gasteiger partial charge in [0.25, 0.3) is 0 Å². The Bertz CT molecular complexity index is 647. The quantitative estimate of drug-likeness (QED) is 0.819. The van der Waals surface area contributed by atoms with Crippen molar-refractivity contribution >= 4 is 29.2 Å². The average Bonchev–Trinajstić information content (AvgIpc) is 2.77. The van der Waals surface area contributed by atoms with Crippen molar-refractivity contribution in [2.45, 2.75) is 0 Å². The molecule has 1 aromatic carbocycles. The fraction of sp³-hybridized carbons (Fsp3) is 0.0833. The Hall–Kier alpha value is -2.83. The molecule has 0 aliphatic rings. The Morgan fingerprint density at radius 2 is 2.32 bits per heavy atom. The Morgan fingerprint density at radius 1 is 1.53 bits per heavy atom. The van der Waals surface area contributed by atoms with Crippen LogP contribution in [0, 0.1) is 0 Å². The van der Waals surface area contributed by atoms with E-state index in [2.05, 4.69) is 16.9 Å². The van der Waals surface area contributed by atoms with E-state index in [1.165, 1.54) is 24.3 Å². The van der Waals surface area contributed by atoms with E-state index in [1.54, 1.807) is 0 Å². The summed E-state index contributed by atoms with van der Waals surface area (Å²) in [5.74, 6) is -1.07. The van der Waals surface area contributed by atoms with Gasteiger partial charge in [0.2, 0.25) is 0 Å². The van der Waals surface area contributed by atoms with E-state index in [-0.39, 0.29) is 23.8 Å². The van der Waals surface area contributed by atoms with E-state index in [0.717, 1.165) is 0 Å². The molecule has 7 nitrogen and oxygen atoms in total. The highest BCUT2D eigenvalue weighted by Gasteiger charge is 2.12. The molecule has 19 heavy (non-hydrogen) atoms. The first kappa shape index (κ1) is 12.6. The average molecular weight is 262 g/mol. The van der Waals surface area contributed by atoms with E-state index in [9.17, 15) is 9.59 Å². The maximum Gasteiger partial charge on any atom is 0.415 e. The highest BCUT2D eigenvalue weighted by molar-refractivity contribution is 5.92. The van der Waals surface area contributed by atoms with Crippen LogP contribution in [0.3, 0.4) is 0 Å². The van der Waals surface area contributed by atoms with Gasteiger partial charge in [-0.2, -0.15) is 4.98 Å². The highest BCUT2D eigenvalue weighted by Crippen LogP contribution is 2.20. The van der Waals surface area contributed by atoms with Crippen LogP contribution >= 0.6 is 0 Å². The number of carboxylic acids is 1. The number of aromatic nitrogens is 1. The van der Waals surface area contributed by atoms with Crippen molar-refractivity contribution in [2.24, 2.45) is 0 Å². The molecule has 0 spiro atoms. The zero-order valence-electron chi connectivity index (χ0n) is 9.75. The van der Waals surface area contributed by atoms with Gasteiger partial charge < -0.3 is 14.3 Å². The smallest absolute Gasteiger partial charge is 0.415 e. The summed E-state index contributed by atoms with van der Waals surface area (Å²) in [5.41, 5.74) is 0.771. The Kier molecular flexibility index (Phi) is 3.46. The van der Waals surface area contributed by atoms with Crippen molar-refractivity contribution < 1.29 is 23.8 Å². The van der Waals surface area contributed by atoms with Gasteiger partial charge in [-0.05, 0) is 18.2 Å². The molecule has 7 heteroatoms. The number of carboxylic acid groups (broad SMARTS) is 1. The molecule has 0 fully saturated rings. The summed E-state index contributed by atoms with van der Waals surface area (Å²) in [6.45, 7) is 3.47. The second-order valence-corrected chi connectivity index (χ2v) is 3.52. The predicted octanol–water partition coefficient (Wildman–Crippen LogP) is 2.26. The molecule has 0 atom stereocenters. The molecule has 0 saturated heterocycles. The maximum absolute atomic E-state index is 11.2. The molecular formula is C12H10N2O5. The second-order valence-electron chi connectivity index (χ2n) is 3.52.